The second-order valence-electron chi connectivity index (χ2n) is 10.3. The van der Waals surface area contributed by atoms with Gasteiger partial charge in [-0.3, -0.25) is 4.79 Å². The minimum Gasteiger partial charge on any atom is -0.358 e. The Bertz CT molecular complexity index is 1080. The summed E-state index contributed by atoms with van der Waals surface area (Å²) >= 11 is 8.44. The zero-order valence-electron chi connectivity index (χ0n) is 20.5. The number of rotatable bonds is 4. The highest BCUT2D eigenvalue weighted by Crippen LogP contribution is 2.36. The lowest BCUT2D eigenvalue weighted by molar-refractivity contribution is -0.140. The molecule has 36 heavy (non-hydrogen) atoms. The molecule has 0 unspecified atom stereocenters. The van der Waals surface area contributed by atoms with Crippen molar-refractivity contribution in [2.45, 2.75) is 69.1 Å². The molecule has 2 heterocycles. The predicted molar refractivity (Wildman–Crippen MR) is 139 cm³/mol. The van der Waals surface area contributed by atoms with Gasteiger partial charge < -0.3 is 15.1 Å². The molecule has 0 aromatic heterocycles. The molecule has 1 amide bonds. The smallest absolute Gasteiger partial charge is 0.358 e. The molecule has 0 radical (unpaired) electrons. The van der Waals surface area contributed by atoms with E-state index in [2.05, 4.69) is 30.9 Å². The van der Waals surface area contributed by atoms with Gasteiger partial charge in [0.25, 0.3) is 0 Å². The molecule has 7 nitrogen and oxygen atoms in total. The summed E-state index contributed by atoms with van der Waals surface area (Å²) in [6.07, 6.45) is -2.78. The number of amides is 1. The van der Waals surface area contributed by atoms with Crippen LogP contribution in [0.2, 0.25) is 0 Å². The molecule has 1 aromatic carbocycles. The fourth-order valence-corrected chi connectivity index (χ4v) is 6.81. The maximum absolute atomic E-state index is 13.4. The number of carbonyl (C=O) groups is 1. The Morgan fingerprint density at radius 1 is 1.03 bits per heavy atom. The van der Waals surface area contributed by atoms with Gasteiger partial charge in [0, 0.05) is 48.2 Å². The van der Waals surface area contributed by atoms with E-state index >= 15 is 0 Å². The minimum atomic E-state index is -4.81. The van der Waals surface area contributed by atoms with Crippen LogP contribution in [0.4, 0.5) is 13.2 Å². The molecule has 1 aromatic rings. The number of likely N-dealkylation sites (tertiary alicyclic amines) is 2. The van der Waals surface area contributed by atoms with Crippen LogP contribution in [-0.2, 0) is 21.0 Å². The van der Waals surface area contributed by atoms with Crippen LogP contribution in [0.3, 0.4) is 0 Å². The summed E-state index contributed by atoms with van der Waals surface area (Å²) in [5.74, 6) is -0.0815. The van der Waals surface area contributed by atoms with Gasteiger partial charge in [-0.15, -0.1) is 0 Å². The second kappa shape index (κ2) is 11.1. The fourth-order valence-electron chi connectivity index (χ4n) is 4.45. The molecule has 2 fully saturated rings. The molecule has 13 heteroatoms. The van der Waals surface area contributed by atoms with E-state index < -0.39 is 32.7 Å². The lowest BCUT2D eigenvalue weighted by atomic mass is 9.94. The normalized spacial score (nSPS) is 18.9. The van der Waals surface area contributed by atoms with Crippen molar-refractivity contribution < 1.29 is 26.4 Å². The Balaban J connectivity index is 1.54. The van der Waals surface area contributed by atoms with Crippen LogP contribution in [0.25, 0.3) is 0 Å². The SMILES string of the molecule is CC(C)(C)NC(=S)N1CCC(C(=O)N2CCC(NS(=O)(=O)c3ccc(Br)cc3C(F)(F)F)CC2)CC1. The Labute approximate surface area is 224 Å². The van der Waals surface area contributed by atoms with Gasteiger partial charge in [-0.05, 0) is 76.9 Å². The van der Waals surface area contributed by atoms with Crippen LogP contribution in [-0.4, -0.2) is 67.0 Å². The molecule has 3 rings (SSSR count). The molecule has 0 aliphatic carbocycles. The summed E-state index contributed by atoms with van der Waals surface area (Å²) in [6.45, 7) is 8.17. The summed E-state index contributed by atoms with van der Waals surface area (Å²) in [5, 5.41) is 3.97. The molecule has 0 atom stereocenters. The molecule has 202 valence electrons. The topological polar surface area (TPSA) is 81.8 Å². The standard InChI is InChI=1S/C23H32BrF3N4O3S2/c1-22(2,3)28-21(35)31-10-6-15(7-11-31)20(32)30-12-8-17(9-13-30)29-36(33,34)19-5-4-16(24)14-18(19)23(25,26)27/h4-5,14-15,17,29H,6-13H2,1-3H3,(H,28,35). The zero-order chi connectivity index (χ0) is 26.9. The van der Waals surface area contributed by atoms with Crippen LogP contribution in [0.5, 0.6) is 0 Å². The first-order chi connectivity index (χ1) is 16.6. The number of sulfonamides is 1. The van der Waals surface area contributed by atoms with Crippen molar-refractivity contribution in [1.29, 1.82) is 0 Å². The van der Waals surface area contributed by atoms with E-state index in [1.807, 2.05) is 20.8 Å². The number of piperidine rings is 2. The zero-order valence-corrected chi connectivity index (χ0v) is 23.7. The number of hydrogen-bond donors (Lipinski definition) is 2. The van der Waals surface area contributed by atoms with Crippen LogP contribution < -0.4 is 10.0 Å². The number of carbonyl (C=O) groups excluding carboxylic acids is 1. The Kier molecular flexibility index (Phi) is 9.00. The van der Waals surface area contributed by atoms with Crippen LogP contribution in [0, 0.1) is 5.92 Å². The molecular weight excluding hydrogens is 581 g/mol. The second-order valence-corrected chi connectivity index (χ2v) is 13.3. The van der Waals surface area contributed by atoms with Crippen molar-refractivity contribution in [2.24, 2.45) is 5.92 Å². The van der Waals surface area contributed by atoms with Gasteiger partial charge in [0.05, 0.1) is 10.5 Å². The Morgan fingerprint density at radius 3 is 2.11 bits per heavy atom. The minimum absolute atomic E-state index is 0.0397. The lowest BCUT2D eigenvalue weighted by Crippen LogP contribution is -2.53. The van der Waals surface area contributed by atoms with Gasteiger partial charge in [-0.1, -0.05) is 15.9 Å². The lowest BCUT2D eigenvalue weighted by Gasteiger charge is -2.39. The summed E-state index contributed by atoms with van der Waals surface area (Å²) in [7, 11) is -4.39. The maximum Gasteiger partial charge on any atom is 0.417 e. The highest BCUT2D eigenvalue weighted by molar-refractivity contribution is 9.10. The van der Waals surface area contributed by atoms with Crippen molar-refractivity contribution in [3.05, 3.63) is 28.2 Å². The van der Waals surface area contributed by atoms with Crippen LogP contribution in [0.15, 0.2) is 27.6 Å². The third-order valence-corrected chi connectivity index (χ3v) is 8.71. The third-order valence-electron chi connectivity index (χ3n) is 6.28. The summed E-state index contributed by atoms with van der Waals surface area (Å²) in [5.41, 5.74) is -1.36. The quantitative estimate of drug-likeness (QED) is 0.498. The molecule has 0 saturated carbocycles. The average Bonchev–Trinajstić information content (AvgIpc) is 2.77. The van der Waals surface area contributed by atoms with E-state index in [1.165, 1.54) is 6.07 Å². The molecule has 2 saturated heterocycles. The number of nitrogens with zero attached hydrogens (tertiary/aromatic N) is 2. The van der Waals surface area contributed by atoms with E-state index in [-0.39, 0.29) is 21.8 Å². The van der Waals surface area contributed by atoms with Gasteiger partial charge in [-0.25, -0.2) is 13.1 Å². The van der Waals surface area contributed by atoms with Crippen molar-refractivity contribution in [1.82, 2.24) is 19.8 Å². The highest BCUT2D eigenvalue weighted by Gasteiger charge is 2.39. The van der Waals surface area contributed by atoms with Crippen molar-refractivity contribution in [2.75, 3.05) is 26.2 Å². The van der Waals surface area contributed by atoms with Crippen molar-refractivity contribution >= 4 is 49.2 Å². The van der Waals surface area contributed by atoms with Crippen LogP contribution in [0.1, 0.15) is 52.0 Å². The number of alkyl halides is 3. The number of hydrogen-bond acceptors (Lipinski definition) is 4. The van der Waals surface area contributed by atoms with E-state index in [1.54, 1.807) is 4.90 Å². The Hall–Kier alpha value is -1.44. The first kappa shape index (κ1) is 29.1. The summed E-state index contributed by atoms with van der Waals surface area (Å²) in [4.78, 5) is 16.1. The number of nitrogens with one attached hydrogen (secondary N) is 2. The molecular formula is C23H32BrF3N4O3S2. The van der Waals surface area contributed by atoms with Crippen LogP contribution >= 0.6 is 28.1 Å². The molecule has 0 spiro atoms. The number of halogens is 4. The maximum atomic E-state index is 13.4. The Morgan fingerprint density at radius 2 is 1.58 bits per heavy atom. The molecule has 0 bridgehead atoms. The van der Waals surface area contributed by atoms with Gasteiger partial charge in [0.1, 0.15) is 0 Å². The van der Waals surface area contributed by atoms with E-state index in [0.29, 0.717) is 57.0 Å². The molecule has 2 N–H and O–H groups in total. The van der Waals surface area contributed by atoms with Gasteiger partial charge in [0.2, 0.25) is 15.9 Å². The van der Waals surface area contributed by atoms with Gasteiger partial charge >= 0.3 is 6.18 Å². The first-order valence-corrected chi connectivity index (χ1v) is 14.5. The summed E-state index contributed by atoms with van der Waals surface area (Å²) < 4.78 is 68.4. The van der Waals surface area contributed by atoms with E-state index in [4.69, 9.17) is 12.2 Å². The monoisotopic (exact) mass is 612 g/mol. The first-order valence-electron chi connectivity index (χ1n) is 11.8. The molecule has 2 aliphatic heterocycles. The third kappa shape index (κ3) is 7.55. The average molecular weight is 614 g/mol. The number of benzene rings is 1. The number of thiocarbonyl (C=S) groups is 1. The van der Waals surface area contributed by atoms with E-state index in [0.717, 1.165) is 12.1 Å². The van der Waals surface area contributed by atoms with Gasteiger partial charge in [0.15, 0.2) is 5.11 Å². The van der Waals surface area contributed by atoms with Gasteiger partial charge in [-0.2, -0.15) is 13.2 Å². The molecule has 2 aliphatic rings. The highest BCUT2D eigenvalue weighted by atomic mass is 79.9. The summed E-state index contributed by atoms with van der Waals surface area (Å²) in [6, 6.07) is 2.42. The van der Waals surface area contributed by atoms with E-state index in [9.17, 15) is 26.4 Å². The fraction of sp³-hybridized carbons (Fsp3) is 0.652. The van der Waals surface area contributed by atoms with Crippen molar-refractivity contribution in [3.63, 3.8) is 0 Å². The van der Waals surface area contributed by atoms with Crippen molar-refractivity contribution in [3.8, 4) is 0 Å². The largest absolute Gasteiger partial charge is 0.417 e. The predicted octanol–water partition coefficient (Wildman–Crippen LogP) is 4.12.